The average Bonchev–Trinajstić information content (AvgIpc) is 2.14. The number of rotatable bonds is 1. The Morgan fingerprint density at radius 3 is 2.44 bits per heavy atom. The van der Waals surface area contributed by atoms with Crippen molar-refractivity contribution in [3.63, 3.8) is 0 Å². The Balaban J connectivity index is 2.59. The standard InChI is InChI=1S/C7H13N2/c1-6(2)7-4-5-9(3)8-7/h4-7H,1-3H3/q+1. The number of nitrogens with zero attached hydrogens (tertiary/aromatic N) is 2. The third-order valence-corrected chi connectivity index (χ3v) is 1.50. The highest BCUT2D eigenvalue weighted by Gasteiger charge is 2.17. The van der Waals surface area contributed by atoms with Gasteiger partial charge in [0.1, 0.15) is 6.04 Å². The Kier molecular flexibility index (Phi) is 1.65. The van der Waals surface area contributed by atoms with Gasteiger partial charge in [-0.1, -0.05) is 18.5 Å². The van der Waals surface area contributed by atoms with Crippen molar-refractivity contribution in [2.24, 2.45) is 11.0 Å². The highest BCUT2D eigenvalue weighted by atomic mass is 15.3. The zero-order valence-electron chi connectivity index (χ0n) is 6.20. The first-order valence-electron chi connectivity index (χ1n) is 3.32. The monoisotopic (exact) mass is 125 g/mol. The van der Waals surface area contributed by atoms with Crippen molar-refractivity contribution in [1.29, 1.82) is 0 Å². The van der Waals surface area contributed by atoms with Gasteiger partial charge >= 0.3 is 0 Å². The first kappa shape index (κ1) is 6.46. The van der Waals surface area contributed by atoms with Crippen LogP contribution in [0.5, 0.6) is 0 Å². The zero-order valence-corrected chi connectivity index (χ0v) is 6.20. The van der Waals surface area contributed by atoms with Crippen LogP contribution in [0.15, 0.2) is 17.4 Å². The molecule has 1 heterocycles. The van der Waals surface area contributed by atoms with Crippen molar-refractivity contribution in [3.8, 4) is 0 Å². The molecule has 0 spiro atoms. The molecular formula is C7H13N2+. The minimum absolute atomic E-state index is 0.412. The van der Waals surface area contributed by atoms with Crippen molar-refractivity contribution in [2.45, 2.75) is 19.9 Å². The first-order valence-corrected chi connectivity index (χ1v) is 3.32. The summed E-state index contributed by atoms with van der Waals surface area (Å²) in [5.41, 5.74) is 0. The van der Waals surface area contributed by atoms with E-state index in [4.69, 9.17) is 0 Å². The predicted molar refractivity (Wildman–Crippen MR) is 36.4 cm³/mol. The maximum atomic E-state index is 4.31. The fourth-order valence-electron chi connectivity index (χ4n) is 0.856. The van der Waals surface area contributed by atoms with E-state index in [1.54, 1.807) is 0 Å². The topological polar surface area (TPSA) is 15.4 Å². The summed E-state index contributed by atoms with van der Waals surface area (Å²) in [5.74, 6) is 0.631. The number of hydrogen-bond acceptors (Lipinski definition) is 1. The summed E-state index contributed by atoms with van der Waals surface area (Å²) in [6, 6.07) is 0.412. The highest BCUT2D eigenvalue weighted by Crippen LogP contribution is 2.11. The summed E-state index contributed by atoms with van der Waals surface area (Å²) >= 11 is 0. The lowest BCUT2D eigenvalue weighted by atomic mass is 10.1. The fourth-order valence-corrected chi connectivity index (χ4v) is 0.856. The summed E-state index contributed by atoms with van der Waals surface area (Å²) < 4.78 is 1.87. The molecule has 0 aromatic heterocycles. The van der Waals surface area contributed by atoms with Crippen LogP contribution in [0, 0.1) is 5.92 Å². The molecule has 0 aliphatic carbocycles. The van der Waals surface area contributed by atoms with Gasteiger partial charge in [0.2, 0.25) is 0 Å². The van der Waals surface area contributed by atoms with Crippen LogP contribution in [-0.4, -0.2) is 17.8 Å². The maximum Gasteiger partial charge on any atom is 0.193 e. The van der Waals surface area contributed by atoms with Crippen molar-refractivity contribution in [1.82, 2.24) is 0 Å². The zero-order chi connectivity index (χ0) is 6.85. The maximum absolute atomic E-state index is 4.31. The van der Waals surface area contributed by atoms with Crippen LogP contribution in [0.1, 0.15) is 13.8 Å². The second kappa shape index (κ2) is 2.29. The SMILES string of the molecule is CC(C)C1C=C[N+](C)=N1. The van der Waals surface area contributed by atoms with Crippen molar-refractivity contribution >= 4 is 0 Å². The minimum atomic E-state index is 0.412. The predicted octanol–water partition coefficient (Wildman–Crippen LogP) is 1.63. The van der Waals surface area contributed by atoms with Gasteiger partial charge in [0.05, 0.1) is 0 Å². The van der Waals surface area contributed by atoms with Gasteiger partial charge in [-0.2, -0.15) is 0 Å². The second-order valence-electron chi connectivity index (χ2n) is 2.77. The molecule has 0 N–H and O–H groups in total. The molecule has 1 atom stereocenters. The van der Waals surface area contributed by atoms with Crippen molar-refractivity contribution in [2.75, 3.05) is 7.05 Å². The molecular weight excluding hydrogens is 112 g/mol. The molecule has 50 valence electrons. The van der Waals surface area contributed by atoms with E-state index in [1.165, 1.54) is 0 Å². The van der Waals surface area contributed by atoms with E-state index in [9.17, 15) is 0 Å². The lowest BCUT2D eigenvalue weighted by molar-refractivity contribution is -0.494. The van der Waals surface area contributed by atoms with E-state index >= 15 is 0 Å². The summed E-state index contributed by atoms with van der Waals surface area (Å²) in [6.45, 7) is 4.36. The molecule has 1 aliphatic rings. The molecule has 0 amide bonds. The molecule has 0 saturated heterocycles. The van der Waals surface area contributed by atoms with Crippen LogP contribution in [-0.2, 0) is 0 Å². The first-order chi connectivity index (χ1) is 4.20. The Hall–Kier alpha value is -0.660. The second-order valence-corrected chi connectivity index (χ2v) is 2.77. The van der Waals surface area contributed by atoms with E-state index in [0.717, 1.165) is 0 Å². The van der Waals surface area contributed by atoms with Crippen LogP contribution in [0.4, 0.5) is 0 Å². The van der Waals surface area contributed by atoms with Gasteiger partial charge in [-0.05, 0) is 11.0 Å². The van der Waals surface area contributed by atoms with Crippen LogP contribution in [0.2, 0.25) is 0 Å². The molecule has 0 aromatic rings. The van der Waals surface area contributed by atoms with Crippen LogP contribution < -0.4 is 0 Å². The van der Waals surface area contributed by atoms with E-state index in [2.05, 4.69) is 25.0 Å². The van der Waals surface area contributed by atoms with Gasteiger partial charge in [0, 0.05) is 6.08 Å². The quantitative estimate of drug-likeness (QED) is 0.473. The third-order valence-electron chi connectivity index (χ3n) is 1.50. The number of azo groups is 2. The molecule has 0 saturated carbocycles. The van der Waals surface area contributed by atoms with Gasteiger partial charge in [0.25, 0.3) is 0 Å². The van der Waals surface area contributed by atoms with E-state index in [0.29, 0.717) is 12.0 Å². The Labute approximate surface area is 55.9 Å². The third kappa shape index (κ3) is 1.37. The van der Waals surface area contributed by atoms with E-state index in [1.807, 2.05) is 17.9 Å². The summed E-state index contributed by atoms with van der Waals surface area (Å²) in [7, 11) is 1.96. The summed E-state index contributed by atoms with van der Waals surface area (Å²) in [6.07, 6.45) is 4.13. The van der Waals surface area contributed by atoms with Crippen LogP contribution >= 0.6 is 0 Å². The molecule has 1 aliphatic heterocycles. The smallest absolute Gasteiger partial charge is 0.0984 e. The molecule has 1 unspecified atom stereocenters. The molecule has 9 heavy (non-hydrogen) atoms. The molecule has 0 aromatic carbocycles. The molecule has 0 radical (unpaired) electrons. The van der Waals surface area contributed by atoms with Crippen molar-refractivity contribution in [3.05, 3.63) is 12.3 Å². The van der Waals surface area contributed by atoms with E-state index < -0.39 is 0 Å². The number of hydrogen-bond donors (Lipinski definition) is 0. The summed E-state index contributed by atoms with van der Waals surface area (Å²) in [5, 5.41) is 4.31. The average molecular weight is 125 g/mol. The fraction of sp³-hybridized carbons (Fsp3) is 0.714. The van der Waals surface area contributed by atoms with Gasteiger partial charge in [-0.25, -0.2) is 0 Å². The molecule has 0 fully saturated rings. The normalized spacial score (nSPS) is 25.3. The highest BCUT2D eigenvalue weighted by molar-refractivity contribution is 4.91. The van der Waals surface area contributed by atoms with Gasteiger partial charge in [0.15, 0.2) is 13.2 Å². The van der Waals surface area contributed by atoms with Gasteiger partial charge < -0.3 is 0 Å². The molecule has 0 bridgehead atoms. The Morgan fingerprint density at radius 2 is 2.22 bits per heavy atom. The molecule has 2 heteroatoms. The van der Waals surface area contributed by atoms with Crippen LogP contribution in [0.3, 0.4) is 0 Å². The molecule has 2 nitrogen and oxygen atoms in total. The summed E-state index contributed by atoms with van der Waals surface area (Å²) in [4.78, 5) is 0. The lowest BCUT2D eigenvalue weighted by Gasteiger charge is -2.01. The Bertz CT molecular complexity index is 156. The lowest BCUT2D eigenvalue weighted by Crippen LogP contribution is -2.06. The largest absolute Gasteiger partial charge is 0.193 e. The Morgan fingerprint density at radius 1 is 1.56 bits per heavy atom. The van der Waals surface area contributed by atoms with E-state index in [-0.39, 0.29) is 0 Å². The molecule has 1 rings (SSSR count). The van der Waals surface area contributed by atoms with Gasteiger partial charge in [-0.3, -0.25) is 0 Å². The van der Waals surface area contributed by atoms with Gasteiger partial charge in [-0.15, -0.1) is 0 Å². The van der Waals surface area contributed by atoms with Crippen LogP contribution in [0.25, 0.3) is 0 Å². The minimum Gasteiger partial charge on any atom is -0.0984 e. The van der Waals surface area contributed by atoms with Crippen molar-refractivity contribution < 1.29 is 4.70 Å².